The smallest absolute Gasteiger partial charge is 0.204 e. The van der Waals surface area contributed by atoms with Gasteiger partial charge in [-0.1, -0.05) is 53.0 Å². The van der Waals surface area contributed by atoms with Crippen molar-refractivity contribution in [3.63, 3.8) is 0 Å². The first-order chi connectivity index (χ1) is 14.4. The molecule has 0 aliphatic carbocycles. The maximum absolute atomic E-state index is 13.2. The summed E-state index contributed by atoms with van der Waals surface area (Å²) in [6.07, 6.45) is 2.91. The number of hydrogen-bond acceptors (Lipinski definition) is 5. The van der Waals surface area contributed by atoms with Gasteiger partial charge in [0.05, 0.1) is 29.8 Å². The largest absolute Gasteiger partial charge is 0.493 e. The van der Waals surface area contributed by atoms with Crippen LogP contribution in [0.3, 0.4) is 0 Å². The molecule has 0 N–H and O–H groups in total. The molecule has 0 atom stereocenters. The van der Waals surface area contributed by atoms with E-state index in [1.807, 2.05) is 31.2 Å². The fourth-order valence-corrected chi connectivity index (χ4v) is 3.58. The second-order valence-electron chi connectivity index (χ2n) is 6.64. The number of rotatable bonds is 8. The van der Waals surface area contributed by atoms with E-state index in [1.54, 1.807) is 12.1 Å². The van der Waals surface area contributed by atoms with Crippen LogP contribution < -0.4 is 14.2 Å². The van der Waals surface area contributed by atoms with Crippen molar-refractivity contribution in [1.29, 1.82) is 0 Å². The predicted molar refractivity (Wildman–Crippen MR) is 117 cm³/mol. The highest BCUT2D eigenvalue weighted by atomic mass is 35.5. The van der Waals surface area contributed by atoms with Crippen molar-refractivity contribution < 1.29 is 19.0 Å². The number of benzene rings is 2. The van der Waals surface area contributed by atoms with Crippen molar-refractivity contribution in [2.24, 2.45) is 0 Å². The molecule has 0 saturated carbocycles. The van der Waals surface area contributed by atoms with Crippen molar-refractivity contribution in [3.05, 3.63) is 81.1 Å². The maximum atomic E-state index is 13.2. The number of aromatic nitrogens is 1. The Morgan fingerprint density at radius 3 is 2.37 bits per heavy atom. The number of nitrogens with zero attached hydrogens (tertiary/aromatic N) is 1. The van der Waals surface area contributed by atoms with E-state index >= 15 is 0 Å². The number of pyridine rings is 1. The van der Waals surface area contributed by atoms with E-state index in [-0.39, 0.29) is 18.8 Å². The summed E-state index contributed by atoms with van der Waals surface area (Å²) in [7, 11) is 3.03. The summed E-state index contributed by atoms with van der Waals surface area (Å²) < 4.78 is 16.9. The van der Waals surface area contributed by atoms with Crippen LogP contribution in [0.4, 0.5) is 0 Å². The molecule has 7 heteroatoms. The van der Waals surface area contributed by atoms with Gasteiger partial charge in [-0.15, -0.1) is 0 Å². The molecule has 0 fully saturated rings. The summed E-state index contributed by atoms with van der Waals surface area (Å²) >= 11 is 12.4. The summed E-state index contributed by atoms with van der Waals surface area (Å²) in [6, 6.07) is 11.3. The molecular formula is C23H21Cl2NO4. The van der Waals surface area contributed by atoms with Gasteiger partial charge in [-0.2, -0.15) is 0 Å². The molecule has 0 unspecified atom stereocenters. The number of ether oxygens (including phenoxy) is 3. The third kappa shape index (κ3) is 4.86. The van der Waals surface area contributed by atoms with Crippen LogP contribution in [0.2, 0.25) is 10.0 Å². The van der Waals surface area contributed by atoms with Crippen molar-refractivity contribution in [2.75, 3.05) is 14.2 Å². The Bertz CT molecular complexity index is 1050. The van der Waals surface area contributed by atoms with Crippen LogP contribution in [0, 0.1) is 6.92 Å². The minimum atomic E-state index is -0.217. The Morgan fingerprint density at radius 1 is 1.00 bits per heavy atom. The Morgan fingerprint density at radius 2 is 1.73 bits per heavy atom. The van der Waals surface area contributed by atoms with Gasteiger partial charge in [-0.05, 0) is 24.6 Å². The van der Waals surface area contributed by atoms with Crippen LogP contribution >= 0.6 is 23.2 Å². The van der Waals surface area contributed by atoms with Crippen LogP contribution in [-0.2, 0) is 13.0 Å². The summed E-state index contributed by atoms with van der Waals surface area (Å²) in [5.74, 6) is 0.908. The second-order valence-corrected chi connectivity index (χ2v) is 7.45. The van der Waals surface area contributed by atoms with Gasteiger partial charge in [0.1, 0.15) is 6.61 Å². The summed E-state index contributed by atoms with van der Waals surface area (Å²) in [5.41, 5.74) is 2.95. The van der Waals surface area contributed by atoms with Gasteiger partial charge in [-0.3, -0.25) is 9.78 Å². The van der Waals surface area contributed by atoms with Gasteiger partial charge in [0, 0.05) is 24.4 Å². The van der Waals surface area contributed by atoms with Gasteiger partial charge < -0.3 is 14.2 Å². The average Bonchev–Trinajstić information content (AvgIpc) is 2.74. The van der Waals surface area contributed by atoms with Crippen LogP contribution in [0.25, 0.3) is 0 Å². The minimum Gasteiger partial charge on any atom is -0.493 e. The average molecular weight is 446 g/mol. The van der Waals surface area contributed by atoms with Crippen LogP contribution in [0.5, 0.6) is 17.2 Å². The normalized spacial score (nSPS) is 10.6. The standard InChI is InChI=1S/C23H21Cl2NO4/c1-14-5-4-6-15(9-14)13-30-22-16(7-8-21(28-2)23(22)29-3)20(27)10-17-18(24)11-26-12-19(17)25/h4-9,11-12H,10,13H2,1-3H3. The zero-order chi connectivity index (χ0) is 21.7. The molecule has 30 heavy (non-hydrogen) atoms. The SMILES string of the molecule is COc1ccc(C(=O)Cc2c(Cl)cncc2Cl)c(OCc2cccc(C)c2)c1OC. The highest BCUT2D eigenvalue weighted by Crippen LogP contribution is 2.41. The molecule has 0 aliphatic rings. The van der Waals surface area contributed by atoms with E-state index in [0.717, 1.165) is 11.1 Å². The third-order valence-electron chi connectivity index (χ3n) is 4.56. The van der Waals surface area contributed by atoms with E-state index in [0.29, 0.717) is 38.4 Å². The first-order valence-corrected chi connectivity index (χ1v) is 9.94. The van der Waals surface area contributed by atoms with Crippen molar-refractivity contribution in [2.45, 2.75) is 20.0 Å². The lowest BCUT2D eigenvalue weighted by atomic mass is 10.0. The van der Waals surface area contributed by atoms with Gasteiger partial charge in [0.15, 0.2) is 17.3 Å². The van der Waals surface area contributed by atoms with Gasteiger partial charge in [-0.25, -0.2) is 0 Å². The predicted octanol–water partition coefficient (Wildman–Crippen LogP) is 5.72. The number of carbonyl (C=O) groups excluding carboxylic acids is 1. The Labute approximate surface area is 185 Å². The molecule has 0 saturated heterocycles. The number of aryl methyl sites for hydroxylation is 1. The molecule has 0 radical (unpaired) electrons. The maximum Gasteiger partial charge on any atom is 0.204 e. The number of hydrogen-bond donors (Lipinski definition) is 0. The number of Topliss-reactive ketones (excluding diaryl/α,β-unsaturated/α-hetero) is 1. The molecular weight excluding hydrogens is 425 g/mol. The van der Waals surface area contributed by atoms with E-state index < -0.39 is 0 Å². The first kappa shape index (κ1) is 21.9. The van der Waals surface area contributed by atoms with E-state index in [2.05, 4.69) is 4.98 Å². The molecule has 3 aromatic rings. The molecule has 0 amide bonds. The van der Waals surface area contributed by atoms with Gasteiger partial charge in [0.25, 0.3) is 0 Å². The number of ketones is 1. The fraction of sp³-hybridized carbons (Fsp3) is 0.217. The van der Waals surface area contributed by atoms with E-state index in [4.69, 9.17) is 37.4 Å². The third-order valence-corrected chi connectivity index (χ3v) is 5.21. The van der Waals surface area contributed by atoms with Gasteiger partial charge in [0.2, 0.25) is 5.75 Å². The highest BCUT2D eigenvalue weighted by Gasteiger charge is 2.23. The monoisotopic (exact) mass is 445 g/mol. The highest BCUT2D eigenvalue weighted by molar-refractivity contribution is 6.36. The van der Waals surface area contributed by atoms with Crippen LogP contribution in [0.15, 0.2) is 48.8 Å². The number of halogens is 2. The number of carbonyl (C=O) groups is 1. The molecule has 3 rings (SSSR count). The number of methoxy groups -OCH3 is 2. The van der Waals surface area contributed by atoms with Crippen molar-refractivity contribution in [1.82, 2.24) is 4.98 Å². The Hall–Kier alpha value is -2.76. The van der Waals surface area contributed by atoms with Crippen LogP contribution in [0.1, 0.15) is 27.0 Å². The Kier molecular flexibility index (Phi) is 7.19. The molecule has 1 heterocycles. The Balaban J connectivity index is 1.97. The van der Waals surface area contributed by atoms with Crippen molar-refractivity contribution >= 4 is 29.0 Å². The molecule has 0 bridgehead atoms. The van der Waals surface area contributed by atoms with Crippen LogP contribution in [-0.4, -0.2) is 25.0 Å². The lowest BCUT2D eigenvalue weighted by Crippen LogP contribution is -2.10. The van der Waals surface area contributed by atoms with Crippen molar-refractivity contribution in [3.8, 4) is 17.2 Å². The topological polar surface area (TPSA) is 57.7 Å². The quantitative estimate of drug-likeness (QED) is 0.415. The van der Waals surface area contributed by atoms with E-state index in [9.17, 15) is 4.79 Å². The zero-order valence-corrected chi connectivity index (χ0v) is 18.4. The molecule has 0 spiro atoms. The molecule has 5 nitrogen and oxygen atoms in total. The lowest BCUT2D eigenvalue weighted by Gasteiger charge is -2.17. The molecule has 1 aromatic heterocycles. The second kappa shape index (κ2) is 9.83. The molecule has 0 aliphatic heterocycles. The lowest BCUT2D eigenvalue weighted by molar-refractivity contribution is 0.0987. The first-order valence-electron chi connectivity index (χ1n) is 9.19. The minimum absolute atomic E-state index is 0.00350. The summed E-state index contributed by atoms with van der Waals surface area (Å²) in [4.78, 5) is 17.1. The molecule has 2 aromatic carbocycles. The summed E-state index contributed by atoms with van der Waals surface area (Å²) in [6.45, 7) is 2.27. The molecule has 156 valence electrons. The fourth-order valence-electron chi connectivity index (χ4n) is 3.08. The van der Waals surface area contributed by atoms with E-state index in [1.165, 1.54) is 26.6 Å². The summed E-state index contributed by atoms with van der Waals surface area (Å²) in [5, 5.41) is 0.664. The zero-order valence-electron chi connectivity index (χ0n) is 16.9. The van der Waals surface area contributed by atoms with Gasteiger partial charge >= 0.3 is 0 Å².